The minimum Gasteiger partial charge on any atom is -0.375 e. The summed E-state index contributed by atoms with van der Waals surface area (Å²) in [5.41, 5.74) is 0. The fourth-order valence-electron chi connectivity index (χ4n) is 0.910. The van der Waals surface area contributed by atoms with E-state index in [1.807, 2.05) is 0 Å². The Kier molecular flexibility index (Phi) is 5.52. The Balaban J connectivity index is 2.42. The van der Waals surface area contributed by atoms with Crippen molar-refractivity contribution in [1.29, 1.82) is 0 Å². The first-order valence-corrected chi connectivity index (χ1v) is 5.78. The maximum Gasteiger partial charge on any atom is 0.252 e. The quantitative estimate of drug-likeness (QED) is 0.772. The van der Waals surface area contributed by atoms with Crippen molar-refractivity contribution in [2.45, 2.75) is 12.8 Å². The van der Waals surface area contributed by atoms with E-state index in [0.29, 0.717) is 11.0 Å². The lowest BCUT2D eigenvalue weighted by atomic mass is 10.4. The lowest BCUT2D eigenvalue weighted by molar-refractivity contribution is -0.119. The Morgan fingerprint density at radius 1 is 1.60 bits per heavy atom. The van der Waals surface area contributed by atoms with E-state index in [9.17, 15) is 4.79 Å². The molecule has 0 atom stereocenters. The van der Waals surface area contributed by atoms with Crippen molar-refractivity contribution in [3.63, 3.8) is 0 Å². The summed E-state index contributed by atoms with van der Waals surface area (Å²) in [7, 11) is 1.46. The summed E-state index contributed by atoms with van der Waals surface area (Å²) in [4.78, 5) is 11.1. The minimum absolute atomic E-state index is 0.0244. The molecule has 0 aliphatic rings. The molecule has 0 saturated heterocycles. The van der Waals surface area contributed by atoms with Gasteiger partial charge in [0, 0.05) is 19.4 Å². The molecule has 0 aromatic carbocycles. The van der Waals surface area contributed by atoms with E-state index in [4.69, 9.17) is 11.6 Å². The number of aryl methyl sites for hydroxylation is 1. The number of alkyl halides is 1. The molecule has 84 valence electrons. The SMILES string of the molecule is COCC(=O)Nc1nnc(CCCCl)s1. The Hall–Kier alpha value is -0.720. The molecule has 0 saturated carbocycles. The minimum atomic E-state index is -0.224. The van der Waals surface area contributed by atoms with Crippen LogP contribution in [-0.4, -0.2) is 35.7 Å². The highest BCUT2D eigenvalue weighted by atomic mass is 35.5. The van der Waals surface area contributed by atoms with Crippen LogP contribution in [-0.2, 0) is 16.0 Å². The van der Waals surface area contributed by atoms with Crippen LogP contribution in [0.25, 0.3) is 0 Å². The molecule has 1 heterocycles. The van der Waals surface area contributed by atoms with Gasteiger partial charge in [-0.25, -0.2) is 0 Å². The van der Waals surface area contributed by atoms with Crippen LogP contribution >= 0.6 is 22.9 Å². The van der Waals surface area contributed by atoms with Crippen LogP contribution in [0.2, 0.25) is 0 Å². The zero-order valence-electron chi connectivity index (χ0n) is 8.33. The Morgan fingerprint density at radius 3 is 3.07 bits per heavy atom. The lowest BCUT2D eigenvalue weighted by Crippen LogP contribution is -2.16. The van der Waals surface area contributed by atoms with Gasteiger partial charge in [-0.05, 0) is 6.42 Å². The van der Waals surface area contributed by atoms with E-state index < -0.39 is 0 Å². The number of rotatable bonds is 6. The van der Waals surface area contributed by atoms with Crippen molar-refractivity contribution >= 4 is 34.0 Å². The summed E-state index contributed by atoms with van der Waals surface area (Å²) >= 11 is 6.91. The van der Waals surface area contributed by atoms with Gasteiger partial charge in [0.15, 0.2) is 0 Å². The van der Waals surface area contributed by atoms with Crippen LogP contribution in [0.3, 0.4) is 0 Å². The van der Waals surface area contributed by atoms with Crippen molar-refractivity contribution in [3.8, 4) is 0 Å². The summed E-state index contributed by atoms with van der Waals surface area (Å²) < 4.78 is 4.67. The number of nitrogens with one attached hydrogen (secondary N) is 1. The maximum absolute atomic E-state index is 11.1. The molecule has 0 aliphatic carbocycles. The number of carbonyl (C=O) groups excluding carboxylic acids is 1. The zero-order chi connectivity index (χ0) is 11.1. The number of methoxy groups -OCH3 is 1. The summed E-state index contributed by atoms with van der Waals surface area (Å²) in [6.45, 7) is 0.0244. The van der Waals surface area contributed by atoms with Crippen LogP contribution in [0.1, 0.15) is 11.4 Å². The molecule has 0 fully saturated rings. The molecule has 15 heavy (non-hydrogen) atoms. The summed E-state index contributed by atoms with van der Waals surface area (Å²) in [5.74, 6) is 0.378. The first-order chi connectivity index (χ1) is 7.26. The van der Waals surface area contributed by atoms with E-state index in [-0.39, 0.29) is 12.5 Å². The molecule has 0 bridgehead atoms. The highest BCUT2D eigenvalue weighted by Gasteiger charge is 2.07. The number of carbonyl (C=O) groups is 1. The van der Waals surface area contributed by atoms with Crippen LogP contribution in [0.15, 0.2) is 0 Å². The van der Waals surface area contributed by atoms with Gasteiger partial charge in [-0.2, -0.15) is 0 Å². The van der Waals surface area contributed by atoms with Gasteiger partial charge in [-0.1, -0.05) is 11.3 Å². The largest absolute Gasteiger partial charge is 0.375 e. The molecule has 1 aromatic heterocycles. The summed E-state index contributed by atoms with van der Waals surface area (Å²) in [6.07, 6.45) is 1.66. The van der Waals surface area contributed by atoms with Gasteiger partial charge < -0.3 is 4.74 Å². The third kappa shape index (κ3) is 4.55. The number of hydrogen-bond donors (Lipinski definition) is 1. The Bertz CT molecular complexity index is 319. The number of hydrogen-bond acceptors (Lipinski definition) is 5. The molecule has 1 amide bonds. The van der Waals surface area contributed by atoms with Crippen molar-refractivity contribution in [2.75, 3.05) is 24.9 Å². The number of aromatic nitrogens is 2. The molecule has 0 radical (unpaired) electrons. The zero-order valence-corrected chi connectivity index (χ0v) is 9.90. The lowest BCUT2D eigenvalue weighted by Gasteiger charge is -1.97. The van der Waals surface area contributed by atoms with Crippen molar-refractivity contribution < 1.29 is 9.53 Å². The van der Waals surface area contributed by atoms with Crippen molar-refractivity contribution in [2.24, 2.45) is 0 Å². The van der Waals surface area contributed by atoms with E-state index in [1.54, 1.807) is 0 Å². The molecule has 7 heteroatoms. The van der Waals surface area contributed by atoms with Crippen LogP contribution < -0.4 is 5.32 Å². The van der Waals surface area contributed by atoms with Gasteiger partial charge in [0.1, 0.15) is 11.6 Å². The highest BCUT2D eigenvalue weighted by Crippen LogP contribution is 2.16. The van der Waals surface area contributed by atoms with E-state index >= 15 is 0 Å². The fourth-order valence-corrected chi connectivity index (χ4v) is 1.84. The number of anilines is 1. The molecule has 0 unspecified atom stereocenters. The summed E-state index contributed by atoms with van der Waals surface area (Å²) in [6, 6.07) is 0. The van der Waals surface area contributed by atoms with Gasteiger partial charge in [-0.3, -0.25) is 10.1 Å². The predicted octanol–water partition coefficient (Wildman–Crippen LogP) is 1.29. The van der Waals surface area contributed by atoms with Gasteiger partial charge in [0.2, 0.25) is 5.13 Å². The smallest absolute Gasteiger partial charge is 0.252 e. The Labute approximate surface area is 96.8 Å². The summed E-state index contributed by atoms with van der Waals surface area (Å²) in [5, 5.41) is 11.7. The first-order valence-electron chi connectivity index (χ1n) is 4.43. The molecular formula is C8H12ClN3O2S. The van der Waals surface area contributed by atoms with Gasteiger partial charge in [-0.15, -0.1) is 21.8 Å². The van der Waals surface area contributed by atoms with Crippen molar-refractivity contribution in [3.05, 3.63) is 5.01 Å². The third-order valence-corrected chi connectivity index (χ3v) is 2.68. The Morgan fingerprint density at radius 2 is 2.40 bits per heavy atom. The molecular weight excluding hydrogens is 238 g/mol. The number of ether oxygens (including phenoxy) is 1. The van der Waals surface area contributed by atoms with Gasteiger partial charge >= 0.3 is 0 Å². The van der Waals surface area contributed by atoms with E-state index in [2.05, 4.69) is 20.3 Å². The second-order valence-electron chi connectivity index (χ2n) is 2.77. The molecule has 1 aromatic rings. The first kappa shape index (κ1) is 12.4. The van der Waals surface area contributed by atoms with E-state index in [1.165, 1.54) is 18.4 Å². The van der Waals surface area contributed by atoms with Crippen LogP contribution in [0, 0.1) is 0 Å². The second kappa shape index (κ2) is 6.71. The molecule has 1 rings (SSSR count). The number of nitrogens with zero attached hydrogens (tertiary/aromatic N) is 2. The third-order valence-electron chi connectivity index (χ3n) is 1.51. The van der Waals surface area contributed by atoms with Gasteiger partial charge in [0.05, 0.1) is 0 Å². The average Bonchev–Trinajstić information content (AvgIpc) is 2.63. The van der Waals surface area contributed by atoms with Crippen molar-refractivity contribution in [1.82, 2.24) is 10.2 Å². The topological polar surface area (TPSA) is 64.1 Å². The van der Waals surface area contributed by atoms with Gasteiger partial charge in [0.25, 0.3) is 5.91 Å². The molecule has 0 aliphatic heterocycles. The maximum atomic E-state index is 11.1. The number of amides is 1. The fraction of sp³-hybridized carbons (Fsp3) is 0.625. The normalized spacial score (nSPS) is 10.3. The number of halogens is 1. The standard InChI is InChI=1S/C8H12ClN3O2S/c1-14-5-6(13)10-8-12-11-7(15-8)3-2-4-9/h2-5H2,1H3,(H,10,12,13). The molecule has 0 spiro atoms. The highest BCUT2D eigenvalue weighted by molar-refractivity contribution is 7.15. The van der Waals surface area contributed by atoms with Crippen LogP contribution in [0.5, 0.6) is 0 Å². The second-order valence-corrected chi connectivity index (χ2v) is 4.21. The average molecular weight is 250 g/mol. The molecule has 5 nitrogen and oxygen atoms in total. The van der Waals surface area contributed by atoms with E-state index in [0.717, 1.165) is 17.8 Å². The molecule has 1 N–H and O–H groups in total. The monoisotopic (exact) mass is 249 g/mol. The van der Waals surface area contributed by atoms with Crippen LogP contribution in [0.4, 0.5) is 5.13 Å². The predicted molar refractivity (Wildman–Crippen MR) is 59.5 cm³/mol.